The third-order valence-corrected chi connectivity index (χ3v) is 6.34. The maximum atomic E-state index is 13.4. The van der Waals surface area contributed by atoms with Crippen molar-refractivity contribution in [3.8, 4) is 5.75 Å². The quantitative estimate of drug-likeness (QED) is 0.664. The Morgan fingerprint density at radius 2 is 2.00 bits per heavy atom. The number of carbonyl (C=O) groups is 2. The van der Waals surface area contributed by atoms with Crippen LogP contribution in [0.5, 0.6) is 5.75 Å². The van der Waals surface area contributed by atoms with Gasteiger partial charge in [0.25, 0.3) is 0 Å². The summed E-state index contributed by atoms with van der Waals surface area (Å²) in [4.78, 5) is 33.6. The Kier molecular flexibility index (Phi) is 4.90. The number of methoxy groups -OCH3 is 1. The van der Waals surface area contributed by atoms with Crippen LogP contribution < -0.4 is 4.74 Å². The first-order valence-electron chi connectivity index (χ1n) is 10.6. The minimum atomic E-state index is -0.567. The molecule has 2 atom stereocenters. The lowest BCUT2D eigenvalue weighted by Crippen LogP contribution is -2.63. The second-order valence-corrected chi connectivity index (χ2v) is 8.10. The van der Waals surface area contributed by atoms with Gasteiger partial charge >= 0.3 is 0 Å². The van der Waals surface area contributed by atoms with Crippen molar-refractivity contribution >= 4 is 22.7 Å². The maximum Gasteiger partial charge on any atom is 0.246 e. The van der Waals surface area contributed by atoms with Crippen LogP contribution in [0.3, 0.4) is 0 Å². The molecule has 7 nitrogen and oxygen atoms in total. The van der Waals surface area contributed by atoms with Gasteiger partial charge in [0.15, 0.2) is 0 Å². The minimum absolute atomic E-state index is 0.00855. The van der Waals surface area contributed by atoms with Crippen molar-refractivity contribution in [1.82, 2.24) is 14.8 Å². The van der Waals surface area contributed by atoms with Gasteiger partial charge in [-0.05, 0) is 35.7 Å². The normalized spacial score (nSPS) is 20.7. The summed E-state index contributed by atoms with van der Waals surface area (Å²) < 4.78 is 5.43. The number of carbonyl (C=O) groups excluding carboxylic acids is 2. The topological polar surface area (TPSA) is 85.9 Å². The molecule has 31 heavy (non-hydrogen) atoms. The van der Waals surface area contributed by atoms with Gasteiger partial charge in [-0.3, -0.25) is 9.59 Å². The smallest absolute Gasteiger partial charge is 0.246 e. The highest BCUT2D eigenvalue weighted by Crippen LogP contribution is 2.43. The van der Waals surface area contributed by atoms with Crippen LogP contribution >= 0.6 is 0 Å². The molecule has 2 aliphatic rings. The van der Waals surface area contributed by atoms with Crippen LogP contribution in [0.1, 0.15) is 29.3 Å². The molecule has 0 unspecified atom stereocenters. The Hall–Kier alpha value is -3.32. The molecule has 2 aromatic carbocycles. The van der Waals surface area contributed by atoms with Crippen molar-refractivity contribution in [1.29, 1.82) is 0 Å². The predicted molar refractivity (Wildman–Crippen MR) is 116 cm³/mol. The van der Waals surface area contributed by atoms with E-state index in [-0.39, 0.29) is 25.0 Å². The summed E-state index contributed by atoms with van der Waals surface area (Å²) in [5, 5.41) is 10.3. The molecule has 1 saturated heterocycles. The van der Waals surface area contributed by atoms with Gasteiger partial charge in [0.05, 0.1) is 19.7 Å². The fraction of sp³-hybridized carbons (Fsp3) is 0.333. The number of H-pyrrole nitrogens is 1. The summed E-state index contributed by atoms with van der Waals surface area (Å²) in [6.07, 6.45) is 0.934. The maximum absolute atomic E-state index is 13.4. The summed E-state index contributed by atoms with van der Waals surface area (Å²) in [6.45, 7) is 0.409. The van der Waals surface area contributed by atoms with E-state index < -0.39 is 12.1 Å². The second kappa shape index (κ2) is 7.74. The largest absolute Gasteiger partial charge is 0.497 e. The van der Waals surface area contributed by atoms with E-state index in [1.165, 1.54) is 0 Å². The third kappa shape index (κ3) is 3.16. The molecule has 3 aromatic rings. The SMILES string of the molecule is COc1cccc([C@H]2c3[nH]c4ccccc4c3C[C@H]3C(=O)N(CCCO)CC(=O)N23)c1. The number of ether oxygens (including phenoxy) is 1. The number of amides is 2. The number of rotatable bonds is 5. The van der Waals surface area contributed by atoms with Crippen LogP contribution in [-0.4, -0.2) is 64.6 Å². The zero-order chi connectivity index (χ0) is 21.5. The van der Waals surface area contributed by atoms with Crippen molar-refractivity contribution in [3.63, 3.8) is 0 Å². The highest BCUT2D eigenvalue weighted by molar-refractivity contribution is 5.97. The van der Waals surface area contributed by atoms with Gasteiger partial charge in [0, 0.05) is 36.2 Å². The molecule has 2 aliphatic heterocycles. The van der Waals surface area contributed by atoms with Gasteiger partial charge in [-0.2, -0.15) is 0 Å². The molecule has 0 aliphatic carbocycles. The van der Waals surface area contributed by atoms with E-state index in [1.807, 2.05) is 42.5 Å². The van der Waals surface area contributed by atoms with E-state index in [0.717, 1.165) is 27.7 Å². The number of hydrogen-bond acceptors (Lipinski definition) is 4. The molecule has 1 fully saturated rings. The predicted octanol–water partition coefficient (Wildman–Crippen LogP) is 2.24. The summed E-state index contributed by atoms with van der Waals surface area (Å²) in [7, 11) is 1.62. The molecule has 3 heterocycles. The second-order valence-electron chi connectivity index (χ2n) is 8.10. The summed E-state index contributed by atoms with van der Waals surface area (Å²) in [6, 6.07) is 14.8. The minimum Gasteiger partial charge on any atom is -0.497 e. The van der Waals surface area contributed by atoms with Crippen LogP contribution in [-0.2, 0) is 16.0 Å². The van der Waals surface area contributed by atoms with Crippen LogP contribution in [0.25, 0.3) is 10.9 Å². The van der Waals surface area contributed by atoms with E-state index in [2.05, 4.69) is 11.1 Å². The molecule has 160 valence electrons. The molecule has 5 rings (SSSR count). The molecule has 0 bridgehead atoms. The molecular formula is C24H25N3O4. The molecule has 2 amide bonds. The zero-order valence-electron chi connectivity index (χ0n) is 17.4. The molecule has 2 N–H and O–H groups in total. The van der Waals surface area contributed by atoms with Crippen LogP contribution in [0.4, 0.5) is 0 Å². The van der Waals surface area contributed by atoms with Gasteiger partial charge in [0.1, 0.15) is 11.8 Å². The average Bonchev–Trinajstić information content (AvgIpc) is 3.17. The average molecular weight is 419 g/mol. The number of piperazine rings is 1. The summed E-state index contributed by atoms with van der Waals surface area (Å²) in [5.74, 6) is 0.564. The molecular weight excluding hydrogens is 394 g/mol. The molecule has 0 saturated carbocycles. The van der Waals surface area contributed by atoms with Crippen LogP contribution in [0.15, 0.2) is 48.5 Å². The van der Waals surface area contributed by atoms with Crippen LogP contribution in [0.2, 0.25) is 0 Å². The Balaban J connectivity index is 1.67. The standard InChI is InChI=1S/C24H25N3O4/c1-31-16-7-4-6-15(12-16)23-22-18(17-8-2-3-9-19(17)25-22)13-20-24(30)26(10-5-11-28)14-21(29)27(20)23/h2-4,6-9,12,20,23,25,28H,5,10-11,13-14H2,1H3/t20-,23-/m0/s1. The fourth-order valence-corrected chi connectivity index (χ4v) is 4.93. The van der Waals surface area contributed by atoms with Crippen LogP contribution in [0, 0.1) is 0 Å². The number of fused-ring (bicyclic) bond motifs is 4. The monoisotopic (exact) mass is 419 g/mol. The van der Waals surface area contributed by atoms with Gasteiger partial charge < -0.3 is 24.6 Å². The fourth-order valence-electron chi connectivity index (χ4n) is 4.93. The highest BCUT2D eigenvalue weighted by atomic mass is 16.5. The molecule has 0 radical (unpaired) electrons. The lowest BCUT2D eigenvalue weighted by atomic mass is 9.86. The Labute approximate surface area is 180 Å². The van der Waals surface area contributed by atoms with Crippen molar-refractivity contribution in [2.45, 2.75) is 24.9 Å². The van der Waals surface area contributed by atoms with E-state index in [9.17, 15) is 14.7 Å². The van der Waals surface area contributed by atoms with Crippen molar-refractivity contribution in [3.05, 3.63) is 65.4 Å². The number of nitrogens with one attached hydrogen (secondary N) is 1. The number of nitrogens with zero attached hydrogens (tertiary/aromatic N) is 2. The van der Waals surface area contributed by atoms with Gasteiger partial charge in [0.2, 0.25) is 11.8 Å². The first-order chi connectivity index (χ1) is 15.1. The number of aliphatic hydroxyl groups is 1. The van der Waals surface area contributed by atoms with Crippen molar-refractivity contribution < 1.29 is 19.4 Å². The van der Waals surface area contributed by atoms with Gasteiger partial charge in [-0.25, -0.2) is 0 Å². The van der Waals surface area contributed by atoms with Gasteiger partial charge in [-0.1, -0.05) is 30.3 Å². The van der Waals surface area contributed by atoms with E-state index in [0.29, 0.717) is 25.1 Å². The number of aromatic nitrogens is 1. The number of aromatic amines is 1. The van der Waals surface area contributed by atoms with Crippen molar-refractivity contribution in [2.24, 2.45) is 0 Å². The zero-order valence-corrected chi connectivity index (χ0v) is 17.4. The van der Waals surface area contributed by atoms with E-state index in [4.69, 9.17) is 4.74 Å². The van der Waals surface area contributed by atoms with E-state index >= 15 is 0 Å². The third-order valence-electron chi connectivity index (χ3n) is 6.34. The molecule has 1 aromatic heterocycles. The lowest BCUT2D eigenvalue weighted by Gasteiger charge is -2.47. The Morgan fingerprint density at radius 3 is 2.81 bits per heavy atom. The summed E-state index contributed by atoms with van der Waals surface area (Å²) >= 11 is 0. The summed E-state index contributed by atoms with van der Waals surface area (Å²) in [5.41, 5.74) is 3.93. The first-order valence-corrected chi connectivity index (χ1v) is 10.6. The first kappa shape index (κ1) is 19.6. The molecule has 0 spiro atoms. The Morgan fingerprint density at radius 1 is 1.16 bits per heavy atom. The van der Waals surface area contributed by atoms with Crippen molar-refractivity contribution in [2.75, 3.05) is 26.8 Å². The number of hydrogen-bond donors (Lipinski definition) is 2. The number of aliphatic hydroxyl groups excluding tert-OH is 1. The van der Waals surface area contributed by atoms with Gasteiger partial charge in [-0.15, -0.1) is 0 Å². The Bertz CT molecular complexity index is 1150. The van der Waals surface area contributed by atoms with E-state index in [1.54, 1.807) is 16.9 Å². The molecule has 7 heteroatoms. The lowest BCUT2D eigenvalue weighted by molar-refractivity contribution is -0.158. The highest BCUT2D eigenvalue weighted by Gasteiger charge is 2.48. The number of benzene rings is 2. The number of para-hydroxylation sites is 1.